The van der Waals surface area contributed by atoms with E-state index in [0.717, 1.165) is 0 Å². The van der Waals surface area contributed by atoms with E-state index in [1.165, 1.54) is 6.92 Å². The number of rotatable bonds is 5. The van der Waals surface area contributed by atoms with Crippen molar-refractivity contribution in [2.24, 2.45) is 5.73 Å². The first-order chi connectivity index (χ1) is 5.90. The number of ketones is 2. The molecule has 0 aromatic heterocycles. The zero-order chi connectivity index (χ0) is 10.6. The van der Waals surface area contributed by atoms with E-state index in [0.29, 0.717) is 0 Å². The molecular formula is C8H15NO3S. The van der Waals surface area contributed by atoms with Gasteiger partial charge in [0.25, 0.3) is 0 Å². The number of nitrogens with two attached hydrogens (primary N) is 1. The van der Waals surface area contributed by atoms with Crippen LogP contribution in [0.5, 0.6) is 0 Å². The SMILES string of the molecule is CCC(=O)C(O)(CN)C(=O)C(C)S. The summed E-state index contributed by atoms with van der Waals surface area (Å²) in [5.41, 5.74) is 3.15. The van der Waals surface area contributed by atoms with Crippen LogP contribution in [-0.4, -0.2) is 34.1 Å². The van der Waals surface area contributed by atoms with Gasteiger partial charge in [-0.05, 0) is 6.92 Å². The van der Waals surface area contributed by atoms with Crippen LogP contribution < -0.4 is 5.73 Å². The molecule has 0 spiro atoms. The van der Waals surface area contributed by atoms with Crippen molar-refractivity contribution < 1.29 is 14.7 Å². The number of Topliss-reactive ketones (excluding diaryl/α,β-unsaturated/α-hetero) is 2. The fraction of sp³-hybridized carbons (Fsp3) is 0.750. The van der Waals surface area contributed by atoms with Crippen molar-refractivity contribution in [3.63, 3.8) is 0 Å². The molecule has 0 aliphatic heterocycles. The summed E-state index contributed by atoms with van der Waals surface area (Å²) in [5.74, 6) is -1.19. The average Bonchev–Trinajstić information content (AvgIpc) is 2.13. The summed E-state index contributed by atoms with van der Waals surface area (Å²) in [6.45, 7) is 2.68. The molecular weight excluding hydrogens is 190 g/mol. The van der Waals surface area contributed by atoms with Gasteiger partial charge in [0.05, 0.1) is 5.25 Å². The molecule has 5 heteroatoms. The first-order valence-electron chi connectivity index (χ1n) is 4.08. The molecule has 0 saturated heterocycles. The van der Waals surface area contributed by atoms with Gasteiger partial charge in [-0.15, -0.1) is 0 Å². The fourth-order valence-corrected chi connectivity index (χ4v) is 1.20. The van der Waals surface area contributed by atoms with E-state index in [1.807, 2.05) is 0 Å². The van der Waals surface area contributed by atoms with Gasteiger partial charge in [-0.1, -0.05) is 6.92 Å². The van der Waals surface area contributed by atoms with Crippen molar-refractivity contribution in [2.75, 3.05) is 6.54 Å². The molecule has 0 amide bonds. The van der Waals surface area contributed by atoms with E-state index < -0.39 is 22.4 Å². The van der Waals surface area contributed by atoms with Crippen LogP contribution in [0.3, 0.4) is 0 Å². The lowest BCUT2D eigenvalue weighted by molar-refractivity contribution is -0.149. The Balaban J connectivity index is 4.83. The minimum Gasteiger partial charge on any atom is -0.374 e. The highest BCUT2D eigenvalue weighted by Crippen LogP contribution is 2.13. The van der Waals surface area contributed by atoms with Gasteiger partial charge in [0.15, 0.2) is 17.2 Å². The second-order valence-electron chi connectivity index (χ2n) is 2.88. The van der Waals surface area contributed by atoms with Crippen LogP contribution in [0.25, 0.3) is 0 Å². The van der Waals surface area contributed by atoms with Crippen LogP contribution in [0, 0.1) is 0 Å². The molecule has 3 N–H and O–H groups in total. The van der Waals surface area contributed by atoms with Crippen LogP contribution in [0.2, 0.25) is 0 Å². The van der Waals surface area contributed by atoms with Gasteiger partial charge < -0.3 is 10.8 Å². The van der Waals surface area contributed by atoms with Gasteiger partial charge in [-0.3, -0.25) is 9.59 Å². The molecule has 0 heterocycles. The summed E-state index contributed by atoms with van der Waals surface area (Å²) in [7, 11) is 0. The van der Waals surface area contributed by atoms with Gasteiger partial charge in [0, 0.05) is 13.0 Å². The standard InChI is InChI=1S/C8H15NO3S/c1-3-6(10)8(12,4-9)7(11)5(2)13/h5,12-13H,3-4,9H2,1-2H3. The summed E-state index contributed by atoms with van der Waals surface area (Å²) in [6.07, 6.45) is 0.0833. The molecule has 0 bridgehead atoms. The second-order valence-corrected chi connectivity index (χ2v) is 3.66. The average molecular weight is 205 g/mol. The van der Waals surface area contributed by atoms with E-state index in [4.69, 9.17) is 5.73 Å². The summed E-state index contributed by atoms with van der Waals surface area (Å²) in [6, 6.07) is 0. The summed E-state index contributed by atoms with van der Waals surface area (Å²) in [5, 5.41) is 8.96. The molecule has 0 aliphatic carbocycles. The van der Waals surface area contributed by atoms with Crippen molar-refractivity contribution >= 4 is 24.2 Å². The predicted octanol–water partition coefficient (Wildman–Crippen LogP) is -0.457. The molecule has 0 aliphatic rings. The molecule has 0 fully saturated rings. The molecule has 0 saturated carbocycles. The van der Waals surface area contributed by atoms with Gasteiger partial charge in [0.2, 0.25) is 0 Å². The predicted molar refractivity (Wildman–Crippen MR) is 52.8 cm³/mol. The van der Waals surface area contributed by atoms with E-state index in [9.17, 15) is 14.7 Å². The summed E-state index contributed by atoms with van der Waals surface area (Å²) >= 11 is 3.86. The van der Waals surface area contributed by atoms with Crippen LogP contribution in [0.1, 0.15) is 20.3 Å². The maximum atomic E-state index is 11.4. The van der Waals surface area contributed by atoms with E-state index in [2.05, 4.69) is 12.6 Å². The van der Waals surface area contributed by atoms with Crippen molar-refractivity contribution in [1.29, 1.82) is 0 Å². The van der Waals surface area contributed by atoms with Gasteiger partial charge in [-0.25, -0.2) is 0 Å². The van der Waals surface area contributed by atoms with Gasteiger partial charge in [0.1, 0.15) is 0 Å². The molecule has 2 atom stereocenters. The molecule has 13 heavy (non-hydrogen) atoms. The van der Waals surface area contributed by atoms with Crippen LogP contribution in [-0.2, 0) is 9.59 Å². The monoisotopic (exact) mass is 205 g/mol. The quantitative estimate of drug-likeness (QED) is 0.419. The van der Waals surface area contributed by atoms with Crippen molar-refractivity contribution in [3.8, 4) is 0 Å². The van der Waals surface area contributed by atoms with Crippen LogP contribution in [0.4, 0.5) is 0 Å². The van der Waals surface area contributed by atoms with Gasteiger partial charge >= 0.3 is 0 Å². The van der Waals surface area contributed by atoms with Crippen molar-refractivity contribution in [2.45, 2.75) is 31.1 Å². The highest BCUT2D eigenvalue weighted by atomic mass is 32.1. The van der Waals surface area contributed by atoms with Crippen molar-refractivity contribution in [3.05, 3.63) is 0 Å². The Morgan fingerprint density at radius 3 is 2.31 bits per heavy atom. The molecule has 4 nitrogen and oxygen atoms in total. The molecule has 76 valence electrons. The molecule has 0 rings (SSSR count). The molecule has 0 aromatic rings. The smallest absolute Gasteiger partial charge is 0.194 e. The maximum absolute atomic E-state index is 11.4. The van der Waals surface area contributed by atoms with Crippen molar-refractivity contribution in [1.82, 2.24) is 0 Å². The lowest BCUT2D eigenvalue weighted by Gasteiger charge is -2.24. The molecule has 0 aromatic carbocycles. The zero-order valence-electron chi connectivity index (χ0n) is 7.78. The highest BCUT2D eigenvalue weighted by Gasteiger charge is 2.42. The lowest BCUT2D eigenvalue weighted by Crippen LogP contribution is -2.54. The van der Waals surface area contributed by atoms with E-state index in [-0.39, 0.29) is 13.0 Å². The van der Waals surface area contributed by atoms with E-state index in [1.54, 1.807) is 6.92 Å². The zero-order valence-corrected chi connectivity index (χ0v) is 8.67. The number of carbonyl (C=O) groups excluding carboxylic acids is 2. The number of hydrogen-bond acceptors (Lipinski definition) is 5. The first kappa shape index (κ1) is 12.6. The Kier molecular flexibility index (Phi) is 4.60. The Morgan fingerprint density at radius 1 is 1.62 bits per heavy atom. The number of aliphatic hydroxyl groups is 1. The second kappa shape index (κ2) is 4.74. The number of hydrogen-bond donors (Lipinski definition) is 3. The van der Waals surface area contributed by atoms with Gasteiger partial charge in [-0.2, -0.15) is 12.6 Å². The van der Waals surface area contributed by atoms with Crippen LogP contribution >= 0.6 is 12.6 Å². The highest BCUT2D eigenvalue weighted by molar-refractivity contribution is 7.81. The summed E-state index contributed by atoms with van der Waals surface area (Å²) < 4.78 is 0. The minimum absolute atomic E-state index is 0.0833. The fourth-order valence-electron chi connectivity index (χ4n) is 0.990. The Hall–Kier alpha value is -0.390. The summed E-state index contributed by atoms with van der Waals surface area (Å²) in [4.78, 5) is 22.6. The third-order valence-corrected chi connectivity index (χ3v) is 2.10. The Morgan fingerprint density at radius 2 is 2.08 bits per heavy atom. The number of thiol groups is 1. The van der Waals surface area contributed by atoms with E-state index >= 15 is 0 Å². The first-order valence-corrected chi connectivity index (χ1v) is 4.59. The molecule has 0 radical (unpaired) electrons. The third-order valence-electron chi connectivity index (χ3n) is 1.86. The normalized spacial score (nSPS) is 17.6. The molecule has 2 unspecified atom stereocenters. The Bertz CT molecular complexity index is 217. The topological polar surface area (TPSA) is 80.4 Å². The minimum atomic E-state index is -2.05. The van der Waals surface area contributed by atoms with Crippen LogP contribution in [0.15, 0.2) is 0 Å². The Labute approximate surface area is 82.9 Å². The third kappa shape index (κ3) is 2.52. The lowest BCUT2D eigenvalue weighted by atomic mass is 9.90. The number of carbonyl (C=O) groups is 2. The largest absolute Gasteiger partial charge is 0.374 e. The maximum Gasteiger partial charge on any atom is 0.194 e.